The number of hydrogen-bond donors (Lipinski definition) is 3. The minimum absolute atomic E-state index is 0.532. The topological polar surface area (TPSA) is 73.8 Å². The molecule has 0 aromatic carbocycles. The fourth-order valence-electron chi connectivity index (χ4n) is 1.77. The summed E-state index contributed by atoms with van der Waals surface area (Å²) in [5, 5.41) is 21.1. The molecular weight excluding hydrogens is 216 g/mol. The third-order valence-corrected chi connectivity index (χ3v) is 2.65. The number of aliphatic hydroxyl groups is 1. The summed E-state index contributed by atoms with van der Waals surface area (Å²) in [4.78, 5) is 4.09. The first-order valence-corrected chi connectivity index (χ1v) is 5.84. The Morgan fingerprint density at radius 1 is 1.29 bits per heavy atom. The zero-order valence-electron chi connectivity index (χ0n) is 10.1. The first-order valence-electron chi connectivity index (χ1n) is 5.84. The lowest BCUT2D eigenvalue weighted by atomic mass is 10.1. The van der Waals surface area contributed by atoms with E-state index in [1.54, 1.807) is 18.6 Å². The molecule has 0 fully saturated rings. The molecular formula is C12H18N4O. The predicted octanol–water partition coefficient (Wildman–Crippen LogP) is 1.24. The summed E-state index contributed by atoms with van der Waals surface area (Å²) < 4.78 is 0. The monoisotopic (exact) mass is 234 g/mol. The maximum absolute atomic E-state index is 10.1. The molecule has 0 spiro atoms. The van der Waals surface area contributed by atoms with Crippen LogP contribution < -0.4 is 5.32 Å². The van der Waals surface area contributed by atoms with Gasteiger partial charge < -0.3 is 10.4 Å². The van der Waals surface area contributed by atoms with Crippen molar-refractivity contribution < 1.29 is 5.11 Å². The van der Waals surface area contributed by atoms with Crippen LogP contribution in [0.5, 0.6) is 0 Å². The van der Waals surface area contributed by atoms with E-state index in [4.69, 9.17) is 0 Å². The first kappa shape index (κ1) is 12.0. The predicted molar refractivity (Wildman–Crippen MR) is 66.6 cm³/mol. The van der Waals surface area contributed by atoms with E-state index in [1.165, 1.54) is 0 Å². The Kier molecular flexibility index (Phi) is 3.71. The van der Waals surface area contributed by atoms with Gasteiger partial charge in [-0.15, -0.1) is 0 Å². The zero-order valence-corrected chi connectivity index (χ0v) is 10.1. The van der Waals surface area contributed by atoms with Gasteiger partial charge >= 0.3 is 0 Å². The summed E-state index contributed by atoms with van der Waals surface area (Å²) in [6.45, 7) is 5.70. The molecule has 92 valence electrons. The zero-order chi connectivity index (χ0) is 12.3. The standard InChI is InChI=1S/C12H18N4O/c1-8(2)3-13-7-12(17)10-4-14-6-11-9(10)5-15-16-11/h4-6,8,12-13,17H,3,7H2,1-2H3,(H,15,16)/t12-/m0/s1. The van der Waals surface area contributed by atoms with E-state index in [-0.39, 0.29) is 0 Å². The van der Waals surface area contributed by atoms with Gasteiger partial charge in [-0.05, 0) is 12.5 Å². The number of rotatable bonds is 5. The van der Waals surface area contributed by atoms with Crippen LogP contribution in [0.3, 0.4) is 0 Å². The molecule has 5 heteroatoms. The van der Waals surface area contributed by atoms with Crippen LogP contribution in [0.1, 0.15) is 25.5 Å². The van der Waals surface area contributed by atoms with Crippen molar-refractivity contribution in [2.24, 2.45) is 5.92 Å². The number of hydrogen-bond acceptors (Lipinski definition) is 4. The van der Waals surface area contributed by atoms with E-state index >= 15 is 0 Å². The van der Waals surface area contributed by atoms with E-state index in [2.05, 4.69) is 34.3 Å². The molecule has 17 heavy (non-hydrogen) atoms. The van der Waals surface area contributed by atoms with E-state index in [0.29, 0.717) is 12.5 Å². The molecule has 5 nitrogen and oxygen atoms in total. The van der Waals surface area contributed by atoms with Gasteiger partial charge in [0.1, 0.15) is 0 Å². The van der Waals surface area contributed by atoms with Crippen molar-refractivity contribution in [2.45, 2.75) is 20.0 Å². The average molecular weight is 234 g/mol. The summed E-state index contributed by atoms with van der Waals surface area (Å²) in [5.41, 5.74) is 1.66. The molecule has 0 saturated carbocycles. The number of pyridine rings is 1. The second kappa shape index (κ2) is 5.25. The summed E-state index contributed by atoms with van der Waals surface area (Å²) in [6, 6.07) is 0. The van der Waals surface area contributed by atoms with Crippen LogP contribution in [-0.4, -0.2) is 33.4 Å². The second-order valence-corrected chi connectivity index (χ2v) is 4.63. The molecule has 2 aromatic heterocycles. The smallest absolute Gasteiger partial charge is 0.0936 e. The minimum Gasteiger partial charge on any atom is -0.387 e. The van der Waals surface area contributed by atoms with Gasteiger partial charge in [0.2, 0.25) is 0 Å². The molecule has 0 aliphatic rings. The van der Waals surface area contributed by atoms with Crippen molar-refractivity contribution in [1.29, 1.82) is 0 Å². The van der Waals surface area contributed by atoms with Crippen LogP contribution >= 0.6 is 0 Å². The van der Waals surface area contributed by atoms with Crippen molar-refractivity contribution in [3.63, 3.8) is 0 Å². The van der Waals surface area contributed by atoms with Crippen molar-refractivity contribution in [3.05, 3.63) is 24.2 Å². The number of nitrogens with one attached hydrogen (secondary N) is 2. The lowest BCUT2D eigenvalue weighted by Crippen LogP contribution is -2.25. The molecule has 3 N–H and O–H groups in total. The van der Waals surface area contributed by atoms with Crippen LogP contribution in [-0.2, 0) is 0 Å². The highest BCUT2D eigenvalue weighted by molar-refractivity contribution is 5.80. The SMILES string of the molecule is CC(C)CNC[C@H](O)c1cncc2[nH]ncc12. The second-order valence-electron chi connectivity index (χ2n) is 4.63. The van der Waals surface area contributed by atoms with Gasteiger partial charge in [-0.3, -0.25) is 10.1 Å². The molecule has 0 amide bonds. The van der Waals surface area contributed by atoms with Crippen LogP contribution in [0, 0.1) is 5.92 Å². The lowest BCUT2D eigenvalue weighted by molar-refractivity contribution is 0.174. The maximum Gasteiger partial charge on any atom is 0.0936 e. The number of aromatic amines is 1. The van der Waals surface area contributed by atoms with Crippen molar-refractivity contribution in [3.8, 4) is 0 Å². The quantitative estimate of drug-likeness (QED) is 0.727. The summed E-state index contributed by atoms with van der Waals surface area (Å²) >= 11 is 0. The minimum atomic E-state index is -0.553. The first-order chi connectivity index (χ1) is 8.18. The Balaban J connectivity index is 2.08. The Labute approximate surface area is 100 Å². The molecule has 2 rings (SSSR count). The van der Waals surface area contributed by atoms with Crippen LogP contribution in [0.25, 0.3) is 10.9 Å². The van der Waals surface area contributed by atoms with Crippen LogP contribution in [0.4, 0.5) is 0 Å². The highest BCUT2D eigenvalue weighted by atomic mass is 16.3. The third kappa shape index (κ3) is 2.81. The fraction of sp³-hybridized carbons (Fsp3) is 0.500. The molecule has 1 atom stereocenters. The average Bonchev–Trinajstić information content (AvgIpc) is 2.75. The van der Waals surface area contributed by atoms with Crippen molar-refractivity contribution in [2.75, 3.05) is 13.1 Å². The number of nitrogens with zero attached hydrogens (tertiary/aromatic N) is 2. The largest absolute Gasteiger partial charge is 0.387 e. The molecule has 0 radical (unpaired) electrons. The Hall–Kier alpha value is -1.46. The van der Waals surface area contributed by atoms with Gasteiger partial charge in [-0.25, -0.2) is 0 Å². The Morgan fingerprint density at radius 2 is 2.12 bits per heavy atom. The fourth-order valence-corrected chi connectivity index (χ4v) is 1.77. The van der Waals surface area contributed by atoms with Gasteiger partial charge in [-0.1, -0.05) is 13.8 Å². The molecule has 0 aliphatic carbocycles. The van der Waals surface area contributed by atoms with Gasteiger partial charge in [0.05, 0.1) is 24.0 Å². The van der Waals surface area contributed by atoms with E-state index in [1.807, 2.05) is 0 Å². The lowest BCUT2D eigenvalue weighted by Gasteiger charge is -2.13. The molecule has 0 bridgehead atoms. The molecule has 2 heterocycles. The third-order valence-electron chi connectivity index (χ3n) is 2.65. The maximum atomic E-state index is 10.1. The summed E-state index contributed by atoms with van der Waals surface area (Å²) in [6.07, 6.45) is 4.57. The normalized spacial score (nSPS) is 13.4. The van der Waals surface area contributed by atoms with Crippen molar-refractivity contribution >= 4 is 10.9 Å². The van der Waals surface area contributed by atoms with Gasteiger partial charge in [0.15, 0.2) is 0 Å². The number of aliphatic hydroxyl groups excluding tert-OH is 1. The molecule has 0 saturated heterocycles. The summed E-state index contributed by atoms with van der Waals surface area (Å²) in [7, 11) is 0. The van der Waals surface area contributed by atoms with Crippen LogP contribution in [0.2, 0.25) is 0 Å². The number of H-pyrrole nitrogens is 1. The molecule has 0 aliphatic heterocycles. The Morgan fingerprint density at radius 3 is 2.88 bits per heavy atom. The van der Waals surface area contributed by atoms with E-state index < -0.39 is 6.10 Å². The molecule has 0 unspecified atom stereocenters. The summed E-state index contributed by atoms with van der Waals surface area (Å²) in [5.74, 6) is 0.574. The number of aromatic nitrogens is 3. The Bertz CT molecular complexity index is 480. The van der Waals surface area contributed by atoms with Gasteiger partial charge in [0.25, 0.3) is 0 Å². The highest BCUT2D eigenvalue weighted by Crippen LogP contribution is 2.20. The highest BCUT2D eigenvalue weighted by Gasteiger charge is 2.12. The van der Waals surface area contributed by atoms with E-state index in [9.17, 15) is 5.11 Å². The van der Waals surface area contributed by atoms with Gasteiger partial charge in [0, 0.05) is 23.7 Å². The van der Waals surface area contributed by atoms with Gasteiger partial charge in [-0.2, -0.15) is 5.10 Å². The number of fused-ring (bicyclic) bond motifs is 1. The molecule has 2 aromatic rings. The van der Waals surface area contributed by atoms with Crippen molar-refractivity contribution in [1.82, 2.24) is 20.5 Å². The van der Waals surface area contributed by atoms with E-state index in [0.717, 1.165) is 23.0 Å². The van der Waals surface area contributed by atoms with Crippen LogP contribution in [0.15, 0.2) is 18.6 Å².